The van der Waals surface area contributed by atoms with Crippen molar-refractivity contribution in [2.75, 3.05) is 20.3 Å². The summed E-state index contributed by atoms with van der Waals surface area (Å²) in [7, 11) is 1.48. The number of fused-ring (bicyclic) bond motifs is 1. The topological polar surface area (TPSA) is 190 Å². The maximum Gasteiger partial charge on any atom is 0.407 e. The van der Waals surface area contributed by atoms with Crippen molar-refractivity contribution in [1.29, 1.82) is 5.41 Å². The Morgan fingerprint density at radius 3 is 2.78 bits per heavy atom. The number of imidazole rings is 1. The van der Waals surface area contributed by atoms with Gasteiger partial charge in [0, 0.05) is 13.1 Å². The zero-order valence-electron chi connectivity index (χ0n) is 17.6. The van der Waals surface area contributed by atoms with Crippen LogP contribution in [0.15, 0.2) is 6.33 Å². The van der Waals surface area contributed by atoms with Gasteiger partial charge in [-0.25, -0.2) is 14.6 Å². The molecular formula is C18H27ClN8O5. The molecule has 0 aliphatic rings. The molecule has 14 heteroatoms. The van der Waals surface area contributed by atoms with Gasteiger partial charge in [-0.15, -0.1) is 0 Å². The summed E-state index contributed by atoms with van der Waals surface area (Å²) in [6, 6.07) is -1.07. The first kappa shape index (κ1) is 24.9. The summed E-state index contributed by atoms with van der Waals surface area (Å²) in [5.74, 6) is -1.03. The Morgan fingerprint density at radius 1 is 1.31 bits per heavy atom. The fraction of sp³-hybridized carbons (Fsp3) is 0.556. The normalized spacial score (nSPS) is 11.7. The minimum absolute atomic E-state index is 0.0743. The molecule has 0 saturated heterocycles. The third-order valence-corrected chi connectivity index (χ3v) is 4.62. The van der Waals surface area contributed by atoms with E-state index in [1.54, 1.807) is 6.33 Å². The number of unbranched alkanes of at least 4 members (excludes halogenated alkanes) is 2. The number of carboxylic acids is 1. The molecule has 0 fully saturated rings. The molecule has 0 aliphatic carbocycles. The third-order valence-electron chi connectivity index (χ3n) is 4.45. The van der Waals surface area contributed by atoms with Crippen molar-refractivity contribution in [3.05, 3.63) is 11.6 Å². The van der Waals surface area contributed by atoms with Crippen LogP contribution < -0.4 is 21.1 Å². The SMILES string of the molecule is COc1nc(Cl)nc2c1ncn2CCCCCOC(=O)N[C@H](CCCNC(=N)N)C(=O)O. The second-order valence-corrected chi connectivity index (χ2v) is 7.16. The summed E-state index contributed by atoms with van der Waals surface area (Å²) >= 11 is 5.92. The Hall–Kier alpha value is -3.35. The number of nitrogens with two attached hydrogens (primary N) is 1. The zero-order valence-corrected chi connectivity index (χ0v) is 18.4. The number of hydrogen-bond acceptors (Lipinski definition) is 8. The Labute approximate surface area is 189 Å². The summed E-state index contributed by atoms with van der Waals surface area (Å²) in [6.07, 6.45) is 3.61. The third kappa shape index (κ3) is 7.72. The molecule has 1 amide bonds. The van der Waals surface area contributed by atoms with Crippen LogP contribution in [0.4, 0.5) is 4.79 Å². The molecule has 0 unspecified atom stereocenters. The highest BCUT2D eigenvalue weighted by Gasteiger charge is 2.20. The number of carbonyl (C=O) groups is 2. The number of carboxylic acid groups (broad SMARTS) is 1. The number of alkyl carbamates (subject to hydrolysis) is 1. The fourth-order valence-electron chi connectivity index (χ4n) is 2.90. The molecule has 2 heterocycles. The molecule has 32 heavy (non-hydrogen) atoms. The summed E-state index contributed by atoms with van der Waals surface area (Å²) in [6.45, 7) is 1.14. The van der Waals surface area contributed by atoms with Crippen molar-refractivity contribution in [2.24, 2.45) is 5.73 Å². The van der Waals surface area contributed by atoms with Gasteiger partial charge in [0.1, 0.15) is 6.04 Å². The highest BCUT2D eigenvalue weighted by Crippen LogP contribution is 2.22. The van der Waals surface area contributed by atoms with Crippen molar-refractivity contribution in [3.63, 3.8) is 0 Å². The van der Waals surface area contributed by atoms with Crippen molar-refractivity contribution < 1.29 is 24.2 Å². The minimum Gasteiger partial charge on any atom is -0.480 e. The fourth-order valence-corrected chi connectivity index (χ4v) is 3.05. The van der Waals surface area contributed by atoms with E-state index in [-0.39, 0.29) is 24.3 Å². The number of amides is 1. The minimum atomic E-state index is -1.15. The lowest BCUT2D eigenvalue weighted by atomic mass is 10.1. The lowest BCUT2D eigenvalue weighted by molar-refractivity contribution is -0.139. The zero-order chi connectivity index (χ0) is 23.5. The van der Waals surface area contributed by atoms with E-state index >= 15 is 0 Å². The molecule has 0 aliphatic heterocycles. The van der Waals surface area contributed by atoms with Crippen LogP contribution in [0, 0.1) is 5.41 Å². The van der Waals surface area contributed by atoms with E-state index < -0.39 is 18.1 Å². The first-order chi connectivity index (χ1) is 15.3. The number of methoxy groups -OCH3 is 1. The van der Waals surface area contributed by atoms with Crippen molar-refractivity contribution in [1.82, 2.24) is 30.2 Å². The van der Waals surface area contributed by atoms with Crippen molar-refractivity contribution in [2.45, 2.75) is 44.7 Å². The number of halogens is 1. The van der Waals surface area contributed by atoms with Gasteiger partial charge in [-0.05, 0) is 43.7 Å². The van der Waals surface area contributed by atoms with Gasteiger partial charge in [0.25, 0.3) is 0 Å². The van der Waals surface area contributed by atoms with E-state index in [0.29, 0.717) is 43.0 Å². The number of rotatable bonds is 13. The van der Waals surface area contributed by atoms with Crippen LogP contribution in [-0.4, -0.2) is 69.0 Å². The monoisotopic (exact) mass is 470 g/mol. The van der Waals surface area contributed by atoms with E-state index in [1.807, 2.05) is 4.57 Å². The Bertz CT molecular complexity index is 937. The second-order valence-electron chi connectivity index (χ2n) is 6.83. The lowest BCUT2D eigenvalue weighted by Gasteiger charge is -2.14. The predicted molar refractivity (Wildman–Crippen MR) is 116 cm³/mol. The highest BCUT2D eigenvalue weighted by molar-refractivity contribution is 6.28. The van der Waals surface area contributed by atoms with Gasteiger partial charge in [0.2, 0.25) is 11.2 Å². The molecule has 0 saturated carbocycles. The van der Waals surface area contributed by atoms with Gasteiger partial charge >= 0.3 is 12.1 Å². The van der Waals surface area contributed by atoms with Gasteiger partial charge < -0.3 is 35.5 Å². The first-order valence-corrected chi connectivity index (χ1v) is 10.4. The van der Waals surface area contributed by atoms with Crippen LogP contribution in [0.25, 0.3) is 11.2 Å². The van der Waals surface area contributed by atoms with Gasteiger partial charge in [0.05, 0.1) is 20.0 Å². The average Bonchev–Trinajstić information content (AvgIpc) is 3.14. The first-order valence-electron chi connectivity index (χ1n) is 9.98. The van der Waals surface area contributed by atoms with Crippen LogP contribution >= 0.6 is 11.6 Å². The van der Waals surface area contributed by atoms with Crippen LogP contribution in [0.3, 0.4) is 0 Å². The van der Waals surface area contributed by atoms with Crippen LogP contribution in [0.2, 0.25) is 5.28 Å². The molecule has 2 aromatic rings. The number of aromatic nitrogens is 4. The number of carbonyl (C=O) groups excluding carboxylic acids is 1. The maximum absolute atomic E-state index is 11.8. The van der Waals surface area contributed by atoms with Crippen molar-refractivity contribution in [3.8, 4) is 5.88 Å². The van der Waals surface area contributed by atoms with Gasteiger partial charge in [-0.1, -0.05) is 0 Å². The van der Waals surface area contributed by atoms with E-state index in [0.717, 1.165) is 12.8 Å². The van der Waals surface area contributed by atoms with Crippen LogP contribution in [0.1, 0.15) is 32.1 Å². The van der Waals surface area contributed by atoms with Crippen LogP contribution in [-0.2, 0) is 16.1 Å². The Balaban J connectivity index is 1.67. The van der Waals surface area contributed by atoms with E-state index in [4.69, 9.17) is 32.2 Å². The van der Waals surface area contributed by atoms with E-state index in [2.05, 4.69) is 25.6 Å². The smallest absolute Gasteiger partial charge is 0.407 e. The van der Waals surface area contributed by atoms with Gasteiger partial charge in [-0.3, -0.25) is 5.41 Å². The Morgan fingerprint density at radius 2 is 2.09 bits per heavy atom. The number of hydrogen-bond donors (Lipinski definition) is 5. The molecule has 0 radical (unpaired) electrons. The summed E-state index contributed by atoms with van der Waals surface area (Å²) in [5, 5.41) is 21.2. The lowest BCUT2D eigenvalue weighted by Crippen LogP contribution is -2.42. The van der Waals surface area contributed by atoms with Crippen molar-refractivity contribution >= 4 is 40.8 Å². The Kier molecular flexibility index (Phi) is 9.73. The molecular weight excluding hydrogens is 444 g/mol. The van der Waals surface area contributed by atoms with Gasteiger partial charge in [0.15, 0.2) is 17.1 Å². The second kappa shape index (κ2) is 12.5. The standard InChI is InChI=1S/C18H27ClN8O5/c1-31-14-12-13(25-16(19)26-14)27(10-23-12)8-3-2-4-9-32-18(30)24-11(15(28)29)6-5-7-22-17(20)21/h10-11H,2-9H2,1H3,(H,24,30)(H,28,29)(H4,20,21,22)/t11-/m1/s1. The molecule has 1 atom stereocenters. The summed E-state index contributed by atoms with van der Waals surface area (Å²) in [4.78, 5) is 35.5. The summed E-state index contributed by atoms with van der Waals surface area (Å²) in [5.41, 5.74) is 6.26. The molecule has 0 aromatic carbocycles. The van der Waals surface area contributed by atoms with Crippen LogP contribution in [0.5, 0.6) is 5.88 Å². The maximum atomic E-state index is 11.8. The number of ether oxygens (including phenoxy) is 2. The number of aryl methyl sites for hydroxylation is 1. The largest absolute Gasteiger partial charge is 0.480 e. The molecule has 0 bridgehead atoms. The highest BCUT2D eigenvalue weighted by atomic mass is 35.5. The molecule has 0 spiro atoms. The molecule has 2 rings (SSSR count). The van der Waals surface area contributed by atoms with E-state index in [1.165, 1.54) is 7.11 Å². The number of nitrogens with one attached hydrogen (secondary N) is 3. The molecule has 6 N–H and O–H groups in total. The van der Waals surface area contributed by atoms with Gasteiger partial charge in [-0.2, -0.15) is 9.97 Å². The average molecular weight is 471 g/mol. The summed E-state index contributed by atoms with van der Waals surface area (Å²) < 4.78 is 12.1. The quantitative estimate of drug-likeness (QED) is 0.122. The van der Waals surface area contributed by atoms with E-state index in [9.17, 15) is 14.7 Å². The molecule has 2 aromatic heterocycles. The predicted octanol–water partition coefficient (Wildman–Crippen LogP) is 1.10. The number of guanidine groups is 1. The number of aliphatic carboxylic acids is 1. The molecule has 13 nitrogen and oxygen atoms in total. The number of nitrogens with zero attached hydrogens (tertiary/aromatic N) is 4. The molecule has 176 valence electrons.